The lowest BCUT2D eigenvalue weighted by molar-refractivity contribution is -0.230. The van der Waals surface area contributed by atoms with Gasteiger partial charge in [-0.25, -0.2) is 0 Å². The van der Waals surface area contributed by atoms with Crippen molar-refractivity contribution in [3.63, 3.8) is 0 Å². The molecule has 0 aromatic heterocycles. The number of hydrogen-bond acceptors (Lipinski definition) is 10. The molecule has 11 heteroatoms. The van der Waals surface area contributed by atoms with Gasteiger partial charge in [-0.15, -0.1) is 0 Å². The Bertz CT molecular complexity index is 514. The van der Waals surface area contributed by atoms with Crippen molar-refractivity contribution in [3.8, 4) is 0 Å². The lowest BCUT2D eigenvalue weighted by Crippen LogP contribution is -2.30. The number of unbranched alkanes of at least 4 members (excludes halogenated alkanes) is 5. The summed E-state index contributed by atoms with van der Waals surface area (Å²) >= 11 is 0. The van der Waals surface area contributed by atoms with Gasteiger partial charge in [-0.3, -0.25) is 14.2 Å². The van der Waals surface area contributed by atoms with E-state index in [-0.39, 0.29) is 19.4 Å². The van der Waals surface area contributed by atoms with Gasteiger partial charge >= 0.3 is 11.9 Å². The van der Waals surface area contributed by atoms with Crippen LogP contribution in [0.2, 0.25) is 0 Å². The van der Waals surface area contributed by atoms with Crippen molar-refractivity contribution in [2.45, 2.75) is 83.8 Å². The van der Waals surface area contributed by atoms with Crippen LogP contribution in [-0.2, 0) is 32.7 Å². The third-order valence-electron chi connectivity index (χ3n) is 4.00. The molecule has 2 N–H and O–H groups in total. The summed E-state index contributed by atoms with van der Waals surface area (Å²) in [6, 6.07) is 0. The maximum atomic E-state index is 12.0. The average molecular weight is 455 g/mol. The van der Waals surface area contributed by atoms with E-state index in [4.69, 9.17) is 19.7 Å². The molecule has 30 heavy (non-hydrogen) atoms. The Labute approximate surface area is 178 Å². The number of rotatable bonds is 19. The van der Waals surface area contributed by atoms with E-state index in [1.165, 1.54) is 0 Å². The van der Waals surface area contributed by atoms with Gasteiger partial charge in [0, 0.05) is 12.8 Å². The van der Waals surface area contributed by atoms with Crippen molar-refractivity contribution in [2.24, 2.45) is 0 Å². The van der Waals surface area contributed by atoms with E-state index in [9.17, 15) is 19.0 Å². The molecule has 0 rings (SSSR count). The quantitative estimate of drug-likeness (QED) is 0.168. The summed E-state index contributed by atoms with van der Waals surface area (Å²) in [5.41, 5.74) is 0. The first-order chi connectivity index (χ1) is 14.2. The molecule has 0 spiro atoms. The van der Waals surface area contributed by atoms with Crippen LogP contribution in [0.3, 0.4) is 0 Å². The summed E-state index contributed by atoms with van der Waals surface area (Å²) in [4.78, 5) is 35.4. The minimum atomic E-state index is -4.81. The largest absolute Gasteiger partial charge is 0.756 e. The van der Waals surface area contributed by atoms with Gasteiger partial charge in [0.05, 0.1) is 19.8 Å². The monoisotopic (exact) mass is 455 g/mol. The van der Waals surface area contributed by atoms with Gasteiger partial charge in [-0.2, -0.15) is 0 Å². The van der Waals surface area contributed by atoms with Gasteiger partial charge in [-0.05, 0) is 12.8 Å². The molecule has 0 fully saturated rings. The van der Waals surface area contributed by atoms with Crippen LogP contribution in [0.5, 0.6) is 0 Å². The van der Waals surface area contributed by atoms with Crippen LogP contribution in [0, 0.1) is 0 Å². The molecule has 0 radical (unpaired) electrons. The minimum absolute atomic E-state index is 0.165. The van der Waals surface area contributed by atoms with Crippen LogP contribution in [0.15, 0.2) is 0 Å². The average Bonchev–Trinajstić information content (AvgIpc) is 2.72. The fourth-order valence-corrected chi connectivity index (χ4v) is 3.03. The summed E-state index contributed by atoms with van der Waals surface area (Å²) in [6.45, 7) is 1.72. The van der Waals surface area contributed by atoms with Crippen LogP contribution in [-0.4, -0.2) is 60.8 Å². The number of carbonyl (C=O) groups excluding carboxylic acids is 2. The van der Waals surface area contributed by atoms with E-state index in [2.05, 4.69) is 16.0 Å². The molecular formula is C19H36O10P-. The summed E-state index contributed by atoms with van der Waals surface area (Å²) < 4.78 is 31.1. The zero-order valence-electron chi connectivity index (χ0n) is 18.0. The van der Waals surface area contributed by atoms with Gasteiger partial charge < -0.3 is 33.6 Å². The van der Waals surface area contributed by atoms with E-state index >= 15 is 0 Å². The van der Waals surface area contributed by atoms with Crippen LogP contribution in [0.1, 0.15) is 71.6 Å². The maximum absolute atomic E-state index is 12.0. The fourth-order valence-electron chi connectivity index (χ4n) is 2.25. The zero-order chi connectivity index (χ0) is 22.8. The normalized spacial score (nSPS) is 15.2. The second-order valence-corrected chi connectivity index (χ2v) is 8.35. The Morgan fingerprint density at radius 1 is 0.900 bits per heavy atom. The summed E-state index contributed by atoms with van der Waals surface area (Å²) in [5.74, 6) is -1.02. The van der Waals surface area contributed by atoms with Crippen molar-refractivity contribution in [3.05, 3.63) is 0 Å². The highest BCUT2D eigenvalue weighted by Crippen LogP contribution is 2.38. The maximum Gasteiger partial charge on any atom is 0.306 e. The Balaban J connectivity index is 4.60. The number of hydrogen-bond donors (Lipinski definition) is 2. The van der Waals surface area contributed by atoms with Gasteiger partial charge in [0.15, 0.2) is 6.10 Å². The number of ether oxygens (including phenoxy) is 2. The first-order valence-corrected chi connectivity index (χ1v) is 11.9. The molecule has 1 unspecified atom stereocenters. The molecule has 0 saturated carbocycles. The predicted molar refractivity (Wildman–Crippen MR) is 106 cm³/mol. The van der Waals surface area contributed by atoms with Gasteiger partial charge in [0.1, 0.15) is 12.7 Å². The molecule has 0 aromatic rings. The van der Waals surface area contributed by atoms with Gasteiger partial charge in [0.2, 0.25) is 0 Å². The lowest BCUT2D eigenvalue weighted by atomic mass is 10.1. The van der Waals surface area contributed by atoms with Crippen molar-refractivity contribution in [1.29, 1.82) is 0 Å². The molecule has 0 heterocycles. The number of phosphoric acid groups is 1. The third-order valence-corrected chi connectivity index (χ3v) is 4.93. The molecule has 0 aromatic carbocycles. The molecule has 0 aliphatic heterocycles. The Hall–Kier alpha value is -1.03. The Morgan fingerprint density at radius 2 is 1.50 bits per heavy atom. The van der Waals surface area contributed by atoms with Crippen LogP contribution in [0.4, 0.5) is 0 Å². The highest BCUT2D eigenvalue weighted by molar-refractivity contribution is 7.45. The van der Waals surface area contributed by atoms with Crippen molar-refractivity contribution < 1.29 is 47.8 Å². The summed E-state index contributed by atoms with van der Waals surface area (Å²) in [7, 11) is -4.81. The lowest BCUT2D eigenvalue weighted by Gasteiger charge is -2.26. The number of esters is 2. The molecule has 0 amide bonds. The molecule has 0 bridgehead atoms. The second-order valence-electron chi connectivity index (χ2n) is 6.94. The first-order valence-electron chi connectivity index (χ1n) is 10.5. The van der Waals surface area contributed by atoms with E-state index in [0.717, 1.165) is 32.1 Å². The molecule has 0 saturated heterocycles. The second kappa shape index (κ2) is 17.6. The first kappa shape index (κ1) is 29.0. The van der Waals surface area contributed by atoms with E-state index in [0.29, 0.717) is 12.8 Å². The highest BCUT2D eigenvalue weighted by Gasteiger charge is 2.21. The number of aliphatic hydroxyl groups excluding tert-OH is 2. The van der Waals surface area contributed by atoms with E-state index < -0.39 is 51.8 Å². The standard InChI is InChI=1S/C19H37O10P/c1-3-5-7-8-9-11-19(23)29-17(14-26-18(22)10-6-4-2)15-28-30(24,25)27-13-16(21)12-20/h16-17,20-21H,3-15H2,1-2H3,(H,24,25)/p-1/t16-,17+/m0/s1. The summed E-state index contributed by atoms with van der Waals surface area (Å²) in [6.07, 6.45) is 4.04. The number of phosphoric ester groups is 1. The fraction of sp³-hybridized carbons (Fsp3) is 0.895. The van der Waals surface area contributed by atoms with Gasteiger partial charge in [0.25, 0.3) is 7.82 Å². The van der Waals surface area contributed by atoms with Crippen molar-refractivity contribution >= 4 is 19.8 Å². The van der Waals surface area contributed by atoms with Crippen molar-refractivity contribution in [2.75, 3.05) is 26.4 Å². The third kappa shape index (κ3) is 16.7. The van der Waals surface area contributed by atoms with Gasteiger partial charge in [-0.1, -0.05) is 46.0 Å². The zero-order valence-corrected chi connectivity index (χ0v) is 18.8. The molecule has 178 valence electrons. The summed E-state index contributed by atoms with van der Waals surface area (Å²) in [5, 5.41) is 17.8. The smallest absolute Gasteiger partial charge is 0.306 e. The highest BCUT2D eigenvalue weighted by atomic mass is 31.2. The van der Waals surface area contributed by atoms with Crippen molar-refractivity contribution in [1.82, 2.24) is 0 Å². The van der Waals surface area contributed by atoms with E-state index in [1.54, 1.807) is 0 Å². The molecular weight excluding hydrogens is 419 g/mol. The molecule has 0 aliphatic carbocycles. The van der Waals surface area contributed by atoms with Crippen LogP contribution < -0.4 is 4.89 Å². The molecule has 3 atom stereocenters. The molecule has 0 aliphatic rings. The Morgan fingerprint density at radius 3 is 2.13 bits per heavy atom. The number of carbonyl (C=O) groups is 2. The molecule has 10 nitrogen and oxygen atoms in total. The minimum Gasteiger partial charge on any atom is -0.756 e. The Kier molecular flexibility index (Phi) is 17.0. The number of aliphatic hydroxyl groups is 2. The SMILES string of the molecule is CCCCCCCC(=O)O[C@H](COC(=O)CCCC)COP(=O)([O-])OC[C@@H](O)CO. The van der Waals surface area contributed by atoms with Crippen LogP contribution >= 0.6 is 7.82 Å². The predicted octanol–water partition coefficient (Wildman–Crippen LogP) is 1.85. The van der Waals surface area contributed by atoms with E-state index in [1.807, 2.05) is 6.92 Å². The topological polar surface area (TPSA) is 152 Å². The van der Waals surface area contributed by atoms with Crippen LogP contribution in [0.25, 0.3) is 0 Å².